The summed E-state index contributed by atoms with van der Waals surface area (Å²) in [5, 5.41) is 7.40. The molecular formula is C13H25IN4O2S2. The van der Waals surface area contributed by atoms with Gasteiger partial charge in [-0.25, -0.2) is 13.4 Å². The molecule has 1 heterocycles. The highest BCUT2D eigenvalue weighted by molar-refractivity contribution is 14.0. The lowest BCUT2D eigenvalue weighted by atomic mass is 10.4. The van der Waals surface area contributed by atoms with Crippen LogP contribution >= 0.6 is 35.3 Å². The van der Waals surface area contributed by atoms with Crippen LogP contribution in [0.5, 0.6) is 0 Å². The Balaban J connectivity index is 0.00000441. The number of halogens is 1. The van der Waals surface area contributed by atoms with Gasteiger partial charge in [0.1, 0.15) is 9.84 Å². The van der Waals surface area contributed by atoms with Gasteiger partial charge in [-0.3, -0.25) is 4.99 Å². The van der Waals surface area contributed by atoms with Crippen LogP contribution in [0, 0.1) is 13.8 Å². The van der Waals surface area contributed by atoms with E-state index in [2.05, 4.69) is 27.5 Å². The van der Waals surface area contributed by atoms with Crippen molar-refractivity contribution < 1.29 is 8.42 Å². The topological polar surface area (TPSA) is 83.5 Å². The van der Waals surface area contributed by atoms with Gasteiger partial charge in [-0.15, -0.1) is 35.3 Å². The molecule has 0 fully saturated rings. The second-order valence-electron chi connectivity index (χ2n) is 4.82. The van der Waals surface area contributed by atoms with Gasteiger partial charge < -0.3 is 10.6 Å². The highest BCUT2D eigenvalue weighted by atomic mass is 127. The number of guanidine groups is 1. The molecule has 0 unspecified atom stereocenters. The van der Waals surface area contributed by atoms with Crippen LogP contribution in [0.15, 0.2) is 4.99 Å². The van der Waals surface area contributed by atoms with Gasteiger partial charge >= 0.3 is 0 Å². The molecule has 0 radical (unpaired) electrons. The molecule has 6 nitrogen and oxygen atoms in total. The Bertz CT molecular complexity index is 565. The van der Waals surface area contributed by atoms with E-state index in [-0.39, 0.29) is 36.3 Å². The smallest absolute Gasteiger partial charge is 0.191 e. The number of thiazole rings is 1. The number of nitrogens with one attached hydrogen (secondary N) is 2. The lowest BCUT2D eigenvalue weighted by molar-refractivity contribution is 0.601. The predicted octanol–water partition coefficient (Wildman–Crippen LogP) is 1.52. The zero-order chi connectivity index (χ0) is 15.9. The molecule has 0 saturated carbocycles. The van der Waals surface area contributed by atoms with Crippen LogP contribution in [0.4, 0.5) is 0 Å². The number of sulfone groups is 1. The van der Waals surface area contributed by atoms with Crippen LogP contribution < -0.4 is 10.6 Å². The van der Waals surface area contributed by atoms with Gasteiger partial charge in [-0.1, -0.05) is 0 Å². The molecule has 0 aliphatic rings. The zero-order valence-electron chi connectivity index (χ0n) is 13.5. The fourth-order valence-corrected chi connectivity index (χ4v) is 2.96. The van der Waals surface area contributed by atoms with Crippen LogP contribution in [0.25, 0.3) is 0 Å². The molecule has 0 atom stereocenters. The minimum atomic E-state index is -2.97. The van der Waals surface area contributed by atoms with Crippen molar-refractivity contribution in [1.29, 1.82) is 0 Å². The maximum atomic E-state index is 11.1. The molecule has 2 N–H and O–H groups in total. The van der Waals surface area contributed by atoms with Crippen LogP contribution in [0.3, 0.4) is 0 Å². The fraction of sp³-hybridized carbons (Fsp3) is 0.692. The van der Waals surface area contributed by atoms with E-state index in [0.29, 0.717) is 5.96 Å². The van der Waals surface area contributed by atoms with E-state index in [0.717, 1.165) is 30.2 Å². The van der Waals surface area contributed by atoms with Crippen molar-refractivity contribution in [3.63, 3.8) is 0 Å². The average Bonchev–Trinajstić information content (AvgIpc) is 2.67. The maximum absolute atomic E-state index is 11.1. The largest absolute Gasteiger partial charge is 0.357 e. The van der Waals surface area contributed by atoms with E-state index in [1.165, 1.54) is 11.1 Å². The summed E-state index contributed by atoms with van der Waals surface area (Å²) >= 11 is 1.71. The first kappa shape index (κ1) is 21.6. The Morgan fingerprint density at radius 2 is 2.00 bits per heavy atom. The minimum Gasteiger partial charge on any atom is -0.357 e. The monoisotopic (exact) mass is 460 g/mol. The SMILES string of the molecule is CCNC(=NCCS(C)(=O)=O)NCCc1nc(C)c(C)s1.I. The molecule has 1 rings (SSSR count). The first-order valence-electron chi connectivity index (χ1n) is 6.94. The van der Waals surface area contributed by atoms with Gasteiger partial charge in [0.2, 0.25) is 0 Å². The number of aryl methyl sites for hydroxylation is 2. The van der Waals surface area contributed by atoms with Crippen molar-refractivity contribution in [3.8, 4) is 0 Å². The van der Waals surface area contributed by atoms with E-state index < -0.39 is 9.84 Å². The Hall–Kier alpha value is -0.420. The summed E-state index contributed by atoms with van der Waals surface area (Å²) in [5.74, 6) is 0.709. The molecule has 0 amide bonds. The van der Waals surface area contributed by atoms with Crippen LogP contribution in [-0.2, 0) is 16.3 Å². The molecule has 1 aromatic rings. The quantitative estimate of drug-likeness (QED) is 0.366. The van der Waals surface area contributed by atoms with Crippen molar-refractivity contribution >= 4 is 51.1 Å². The molecule has 0 aliphatic carbocycles. The van der Waals surface area contributed by atoms with E-state index in [9.17, 15) is 8.42 Å². The summed E-state index contributed by atoms with van der Waals surface area (Å²) in [5.41, 5.74) is 1.09. The third-order valence-electron chi connectivity index (χ3n) is 2.78. The van der Waals surface area contributed by atoms with E-state index in [1.54, 1.807) is 11.3 Å². The molecule has 0 aliphatic heterocycles. The maximum Gasteiger partial charge on any atom is 0.191 e. The Morgan fingerprint density at radius 1 is 1.32 bits per heavy atom. The summed E-state index contributed by atoms with van der Waals surface area (Å²) < 4.78 is 22.2. The van der Waals surface area contributed by atoms with Crippen molar-refractivity contribution in [2.45, 2.75) is 27.2 Å². The van der Waals surface area contributed by atoms with Crippen LogP contribution in [0.2, 0.25) is 0 Å². The summed E-state index contributed by atoms with van der Waals surface area (Å²) in [6.07, 6.45) is 2.05. The molecule has 22 heavy (non-hydrogen) atoms. The normalized spacial score (nSPS) is 11.9. The zero-order valence-corrected chi connectivity index (χ0v) is 17.4. The second kappa shape index (κ2) is 10.4. The molecule has 0 spiro atoms. The number of aliphatic imine (C=N–C) groups is 1. The third-order valence-corrected chi connectivity index (χ3v) is 4.84. The van der Waals surface area contributed by atoms with Gasteiger partial charge in [-0.05, 0) is 20.8 Å². The summed E-state index contributed by atoms with van der Waals surface area (Å²) in [6.45, 7) is 7.78. The number of aromatic nitrogens is 1. The molecule has 0 aromatic carbocycles. The van der Waals surface area contributed by atoms with Crippen molar-refractivity contribution in [2.24, 2.45) is 4.99 Å². The number of rotatable bonds is 7. The highest BCUT2D eigenvalue weighted by Crippen LogP contribution is 2.16. The predicted molar refractivity (Wildman–Crippen MR) is 104 cm³/mol. The molecule has 128 valence electrons. The third kappa shape index (κ3) is 8.89. The highest BCUT2D eigenvalue weighted by Gasteiger charge is 2.05. The first-order valence-corrected chi connectivity index (χ1v) is 9.82. The van der Waals surface area contributed by atoms with Crippen LogP contribution in [-0.4, -0.2) is 51.0 Å². The fourth-order valence-electron chi connectivity index (χ4n) is 1.60. The van der Waals surface area contributed by atoms with Gasteiger partial charge in [0.25, 0.3) is 0 Å². The van der Waals surface area contributed by atoms with Crippen molar-refractivity contribution in [1.82, 2.24) is 15.6 Å². The number of hydrogen-bond donors (Lipinski definition) is 2. The number of hydrogen-bond acceptors (Lipinski definition) is 5. The second-order valence-corrected chi connectivity index (χ2v) is 8.36. The van der Waals surface area contributed by atoms with Gasteiger partial charge in [-0.2, -0.15) is 0 Å². The summed E-state index contributed by atoms with van der Waals surface area (Å²) in [6, 6.07) is 0. The number of nitrogens with zero attached hydrogens (tertiary/aromatic N) is 2. The average molecular weight is 460 g/mol. The van der Waals surface area contributed by atoms with E-state index in [4.69, 9.17) is 0 Å². The van der Waals surface area contributed by atoms with Gasteiger partial charge in [0.15, 0.2) is 5.96 Å². The standard InChI is InChI=1S/C13H24N4O2S2.HI/c1-5-14-13(16-8-9-21(4,18)19)15-7-6-12-17-10(2)11(3)20-12;/h5-9H2,1-4H3,(H2,14,15,16);1H. The molecule has 0 bridgehead atoms. The molecule has 0 saturated heterocycles. The van der Waals surface area contributed by atoms with Crippen molar-refractivity contribution in [2.75, 3.05) is 31.6 Å². The summed E-state index contributed by atoms with van der Waals surface area (Å²) in [7, 11) is -2.97. The van der Waals surface area contributed by atoms with Crippen molar-refractivity contribution in [3.05, 3.63) is 15.6 Å². The minimum absolute atomic E-state index is 0. The summed E-state index contributed by atoms with van der Waals surface area (Å²) in [4.78, 5) is 9.99. The van der Waals surface area contributed by atoms with E-state index in [1.807, 2.05) is 13.8 Å². The van der Waals surface area contributed by atoms with Gasteiger partial charge in [0.05, 0.1) is 23.0 Å². The van der Waals surface area contributed by atoms with E-state index >= 15 is 0 Å². The first-order chi connectivity index (χ1) is 9.81. The lowest BCUT2D eigenvalue weighted by Crippen LogP contribution is -2.38. The van der Waals surface area contributed by atoms with Crippen LogP contribution in [0.1, 0.15) is 22.5 Å². The molecular weight excluding hydrogens is 435 g/mol. The Kier molecular flexibility index (Phi) is 10.2. The molecule has 9 heteroatoms. The molecule has 1 aromatic heterocycles. The van der Waals surface area contributed by atoms with Gasteiger partial charge in [0, 0.05) is 30.6 Å². The Labute approximate surface area is 154 Å². The lowest BCUT2D eigenvalue weighted by Gasteiger charge is -2.10. The Morgan fingerprint density at radius 3 is 2.50 bits per heavy atom.